The summed E-state index contributed by atoms with van der Waals surface area (Å²) in [4.78, 5) is 0.318. The van der Waals surface area contributed by atoms with Crippen LogP contribution in [0.25, 0.3) is 0 Å². The fourth-order valence-electron chi connectivity index (χ4n) is 2.81. The van der Waals surface area contributed by atoms with E-state index in [0.717, 1.165) is 11.1 Å². The van der Waals surface area contributed by atoms with E-state index in [4.69, 9.17) is 4.74 Å². The Labute approximate surface area is 137 Å². The highest BCUT2D eigenvalue weighted by Crippen LogP contribution is 2.27. The van der Waals surface area contributed by atoms with Gasteiger partial charge in [0, 0.05) is 13.0 Å². The van der Waals surface area contributed by atoms with Crippen molar-refractivity contribution in [2.45, 2.75) is 37.5 Å². The van der Waals surface area contributed by atoms with Crippen LogP contribution in [0.5, 0.6) is 0 Å². The second-order valence-corrected chi connectivity index (χ2v) is 7.87. The van der Waals surface area contributed by atoms with E-state index in [0.29, 0.717) is 17.9 Å². The fourth-order valence-corrected chi connectivity index (χ4v) is 4.41. The topological polar surface area (TPSA) is 46.6 Å². The lowest BCUT2D eigenvalue weighted by Crippen LogP contribution is -2.37. The van der Waals surface area contributed by atoms with E-state index in [-0.39, 0.29) is 6.10 Å². The molecule has 2 aromatic rings. The minimum Gasteiger partial charge on any atom is -0.357 e. The van der Waals surface area contributed by atoms with Crippen molar-refractivity contribution in [1.82, 2.24) is 4.31 Å². The third kappa shape index (κ3) is 3.47. The highest BCUT2D eigenvalue weighted by Gasteiger charge is 2.39. The van der Waals surface area contributed by atoms with Crippen LogP contribution in [0.2, 0.25) is 0 Å². The lowest BCUT2D eigenvalue weighted by Gasteiger charge is -2.22. The van der Waals surface area contributed by atoms with Gasteiger partial charge in [0.05, 0.1) is 11.0 Å². The zero-order valence-electron chi connectivity index (χ0n) is 13.3. The maximum absolute atomic E-state index is 12.9. The maximum atomic E-state index is 12.9. The molecule has 122 valence electrons. The first-order chi connectivity index (χ1) is 11.0. The number of aryl methyl sites for hydroxylation is 1. The van der Waals surface area contributed by atoms with Crippen LogP contribution in [0.15, 0.2) is 59.5 Å². The van der Waals surface area contributed by atoms with Crippen LogP contribution in [0, 0.1) is 6.92 Å². The van der Waals surface area contributed by atoms with Crippen molar-refractivity contribution in [2.24, 2.45) is 0 Å². The summed E-state index contributed by atoms with van der Waals surface area (Å²) in [6.45, 7) is 4.23. The van der Waals surface area contributed by atoms with Gasteiger partial charge in [0.1, 0.15) is 6.23 Å². The molecule has 0 saturated carbocycles. The summed E-state index contributed by atoms with van der Waals surface area (Å²) >= 11 is 0. The van der Waals surface area contributed by atoms with Crippen LogP contribution >= 0.6 is 0 Å². The van der Waals surface area contributed by atoms with Crippen LogP contribution in [0.4, 0.5) is 0 Å². The van der Waals surface area contributed by atoms with Crippen molar-refractivity contribution in [2.75, 3.05) is 6.54 Å². The molecule has 0 radical (unpaired) electrons. The number of ether oxygens (including phenoxy) is 1. The number of benzene rings is 2. The summed E-state index contributed by atoms with van der Waals surface area (Å²) in [6.07, 6.45) is -0.0151. The summed E-state index contributed by atoms with van der Waals surface area (Å²) in [5.74, 6) is 0. The highest BCUT2D eigenvalue weighted by molar-refractivity contribution is 7.89. The zero-order chi connectivity index (χ0) is 16.4. The number of hydrogen-bond acceptors (Lipinski definition) is 3. The van der Waals surface area contributed by atoms with Gasteiger partial charge in [0.2, 0.25) is 10.0 Å². The lowest BCUT2D eigenvalue weighted by atomic mass is 10.1. The smallest absolute Gasteiger partial charge is 0.245 e. The van der Waals surface area contributed by atoms with E-state index in [2.05, 4.69) is 0 Å². The third-order valence-electron chi connectivity index (χ3n) is 4.03. The molecule has 5 heteroatoms. The second kappa shape index (κ2) is 6.43. The lowest BCUT2D eigenvalue weighted by molar-refractivity contribution is 0.0306. The Morgan fingerprint density at radius 1 is 1.09 bits per heavy atom. The Kier molecular flexibility index (Phi) is 4.53. The van der Waals surface area contributed by atoms with Gasteiger partial charge in [-0.15, -0.1) is 0 Å². The average molecular weight is 331 g/mol. The highest BCUT2D eigenvalue weighted by atomic mass is 32.2. The van der Waals surface area contributed by atoms with Crippen LogP contribution in [0.1, 0.15) is 18.1 Å². The SMILES string of the molecule is Cc1ccc(S(=O)(=O)N2C[C@@H](C)OC2Cc2ccccc2)cc1. The largest absolute Gasteiger partial charge is 0.357 e. The number of sulfonamides is 1. The van der Waals surface area contributed by atoms with Crippen molar-refractivity contribution in [3.8, 4) is 0 Å². The molecule has 1 heterocycles. The molecule has 1 unspecified atom stereocenters. The molecule has 0 N–H and O–H groups in total. The predicted molar refractivity (Wildman–Crippen MR) is 89.6 cm³/mol. The van der Waals surface area contributed by atoms with E-state index < -0.39 is 16.3 Å². The van der Waals surface area contributed by atoms with Crippen LogP contribution in [-0.2, 0) is 21.2 Å². The van der Waals surface area contributed by atoms with Crippen LogP contribution in [-0.4, -0.2) is 31.6 Å². The zero-order valence-corrected chi connectivity index (χ0v) is 14.2. The third-order valence-corrected chi connectivity index (χ3v) is 5.90. The molecule has 0 aromatic heterocycles. The molecule has 0 aliphatic carbocycles. The molecule has 1 aliphatic rings. The molecule has 3 rings (SSSR count). The van der Waals surface area contributed by atoms with Gasteiger partial charge in [-0.3, -0.25) is 0 Å². The Morgan fingerprint density at radius 3 is 2.39 bits per heavy atom. The molecule has 2 aromatic carbocycles. The molecule has 2 atom stereocenters. The molecular formula is C18H21NO3S. The first-order valence-electron chi connectivity index (χ1n) is 7.75. The van der Waals surface area contributed by atoms with E-state index in [1.54, 1.807) is 12.1 Å². The molecule has 1 aliphatic heterocycles. The Morgan fingerprint density at radius 2 is 1.74 bits per heavy atom. The van der Waals surface area contributed by atoms with Crippen molar-refractivity contribution in [1.29, 1.82) is 0 Å². The van der Waals surface area contributed by atoms with Crippen molar-refractivity contribution >= 4 is 10.0 Å². The minimum absolute atomic E-state index is 0.107. The van der Waals surface area contributed by atoms with E-state index in [1.807, 2.05) is 56.3 Å². The fraction of sp³-hybridized carbons (Fsp3) is 0.333. The Hall–Kier alpha value is -1.69. The van der Waals surface area contributed by atoms with Gasteiger partial charge in [-0.2, -0.15) is 4.31 Å². The van der Waals surface area contributed by atoms with Gasteiger partial charge in [0.25, 0.3) is 0 Å². The normalized spacial score (nSPS) is 22.3. The summed E-state index contributed by atoms with van der Waals surface area (Å²) in [6, 6.07) is 16.8. The van der Waals surface area contributed by atoms with Crippen LogP contribution < -0.4 is 0 Å². The first kappa shape index (κ1) is 16.2. The molecular weight excluding hydrogens is 310 g/mol. The van der Waals surface area contributed by atoms with Gasteiger partial charge >= 0.3 is 0 Å². The van der Waals surface area contributed by atoms with Gasteiger partial charge in [-0.05, 0) is 31.5 Å². The van der Waals surface area contributed by atoms with E-state index in [9.17, 15) is 8.42 Å². The summed E-state index contributed by atoms with van der Waals surface area (Å²) in [5, 5.41) is 0. The summed E-state index contributed by atoms with van der Waals surface area (Å²) in [5.41, 5.74) is 2.10. The van der Waals surface area contributed by atoms with Crippen molar-refractivity contribution < 1.29 is 13.2 Å². The molecule has 0 spiro atoms. The first-order valence-corrected chi connectivity index (χ1v) is 9.19. The molecule has 0 bridgehead atoms. The van der Waals surface area contributed by atoms with Gasteiger partial charge in [-0.1, -0.05) is 48.0 Å². The molecule has 23 heavy (non-hydrogen) atoms. The summed E-state index contributed by atoms with van der Waals surface area (Å²) in [7, 11) is -3.55. The van der Waals surface area contributed by atoms with Crippen molar-refractivity contribution in [3.63, 3.8) is 0 Å². The molecule has 4 nitrogen and oxygen atoms in total. The van der Waals surface area contributed by atoms with Gasteiger partial charge in [-0.25, -0.2) is 8.42 Å². The van der Waals surface area contributed by atoms with E-state index in [1.165, 1.54) is 4.31 Å². The number of rotatable bonds is 4. The molecule has 1 fully saturated rings. The summed E-state index contributed by atoms with van der Waals surface area (Å²) < 4.78 is 33.2. The standard InChI is InChI=1S/C18H21NO3S/c1-14-8-10-17(11-9-14)23(20,21)19-13-15(2)22-18(19)12-16-6-4-3-5-7-16/h3-11,15,18H,12-13H2,1-2H3/t15-,18?/m1/s1. The maximum Gasteiger partial charge on any atom is 0.245 e. The average Bonchev–Trinajstić information content (AvgIpc) is 2.90. The number of hydrogen-bond donors (Lipinski definition) is 0. The van der Waals surface area contributed by atoms with Crippen molar-refractivity contribution in [3.05, 3.63) is 65.7 Å². The van der Waals surface area contributed by atoms with Gasteiger partial charge in [0.15, 0.2) is 0 Å². The molecule has 1 saturated heterocycles. The Bertz CT molecular complexity index is 757. The number of nitrogens with zero attached hydrogens (tertiary/aromatic N) is 1. The van der Waals surface area contributed by atoms with Crippen LogP contribution in [0.3, 0.4) is 0 Å². The molecule has 0 amide bonds. The Balaban J connectivity index is 1.88. The predicted octanol–water partition coefficient (Wildman–Crippen LogP) is 2.97. The monoisotopic (exact) mass is 331 g/mol. The quantitative estimate of drug-likeness (QED) is 0.865. The van der Waals surface area contributed by atoms with E-state index >= 15 is 0 Å². The van der Waals surface area contributed by atoms with Gasteiger partial charge < -0.3 is 4.74 Å². The minimum atomic E-state index is -3.55. The second-order valence-electron chi connectivity index (χ2n) is 5.98.